The van der Waals surface area contributed by atoms with Crippen LogP contribution in [0.25, 0.3) is 0 Å². The van der Waals surface area contributed by atoms with Crippen molar-refractivity contribution in [2.45, 2.75) is 26.3 Å². The zero-order chi connectivity index (χ0) is 15.2. The van der Waals surface area contributed by atoms with E-state index in [1.807, 2.05) is 36.4 Å². The maximum absolute atomic E-state index is 6.26. The average molecular weight is 285 g/mol. The Balaban J connectivity index is 1.91. The molecule has 0 saturated heterocycles. The monoisotopic (exact) mass is 285 g/mol. The summed E-state index contributed by atoms with van der Waals surface area (Å²) in [7, 11) is 1.67. The van der Waals surface area contributed by atoms with Crippen molar-refractivity contribution < 1.29 is 9.47 Å². The molecule has 0 aliphatic heterocycles. The largest absolute Gasteiger partial charge is 0.497 e. The van der Waals surface area contributed by atoms with Gasteiger partial charge in [0, 0.05) is 12.5 Å². The van der Waals surface area contributed by atoms with Gasteiger partial charge in [-0.25, -0.2) is 0 Å². The first-order valence-corrected chi connectivity index (χ1v) is 7.19. The molecular weight excluding hydrogens is 262 g/mol. The third-order valence-corrected chi connectivity index (χ3v) is 3.56. The van der Waals surface area contributed by atoms with Crippen molar-refractivity contribution in [3.63, 3.8) is 0 Å². The van der Waals surface area contributed by atoms with E-state index in [4.69, 9.17) is 15.2 Å². The van der Waals surface area contributed by atoms with Crippen LogP contribution in [0, 0.1) is 13.8 Å². The molecule has 0 aliphatic rings. The van der Waals surface area contributed by atoms with E-state index in [2.05, 4.69) is 19.9 Å². The number of aryl methyl sites for hydroxylation is 2. The Morgan fingerprint density at radius 1 is 1.05 bits per heavy atom. The molecule has 0 amide bonds. The van der Waals surface area contributed by atoms with E-state index >= 15 is 0 Å². The van der Waals surface area contributed by atoms with Crippen molar-refractivity contribution in [3.05, 3.63) is 59.2 Å². The quantitative estimate of drug-likeness (QED) is 0.878. The van der Waals surface area contributed by atoms with Gasteiger partial charge in [-0.05, 0) is 54.8 Å². The van der Waals surface area contributed by atoms with Crippen molar-refractivity contribution in [2.75, 3.05) is 13.7 Å². The predicted octanol–water partition coefficient (Wildman–Crippen LogP) is 3.78. The van der Waals surface area contributed by atoms with Crippen molar-refractivity contribution in [3.8, 4) is 11.5 Å². The Bertz CT molecular complexity index is 596. The van der Waals surface area contributed by atoms with Gasteiger partial charge in [0.25, 0.3) is 0 Å². The lowest BCUT2D eigenvalue weighted by molar-refractivity contribution is 0.298. The fraction of sp³-hybridized carbons (Fsp3) is 0.333. The number of methoxy groups -OCH3 is 1. The van der Waals surface area contributed by atoms with Crippen molar-refractivity contribution in [1.82, 2.24) is 0 Å². The summed E-state index contributed by atoms with van der Waals surface area (Å²) in [5, 5.41) is 0. The third kappa shape index (κ3) is 4.23. The molecule has 0 fully saturated rings. The Labute approximate surface area is 126 Å². The molecule has 1 unspecified atom stereocenters. The Morgan fingerprint density at radius 2 is 1.86 bits per heavy atom. The molecular formula is C18H23NO2. The lowest BCUT2D eigenvalue weighted by atomic mass is 9.99. The number of rotatable bonds is 6. The summed E-state index contributed by atoms with van der Waals surface area (Å²) in [6.45, 7) is 4.72. The van der Waals surface area contributed by atoms with Crippen LogP contribution in [-0.2, 0) is 0 Å². The summed E-state index contributed by atoms with van der Waals surface area (Å²) in [6.07, 6.45) is 0.779. The molecule has 0 aliphatic carbocycles. The van der Waals surface area contributed by atoms with E-state index in [-0.39, 0.29) is 6.04 Å². The molecule has 3 nitrogen and oxygen atoms in total. The number of hydrogen-bond donors (Lipinski definition) is 1. The Morgan fingerprint density at radius 3 is 2.52 bits per heavy atom. The second kappa shape index (κ2) is 7.14. The van der Waals surface area contributed by atoms with Crippen LogP contribution in [-0.4, -0.2) is 13.7 Å². The number of hydrogen-bond acceptors (Lipinski definition) is 3. The molecule has 0 saturated carbocycles. The topological polar surface area (TPSA) is 44.5 Å². The smallest absolute Gasteiger partial charge is 0.119 e. The molecule has 1 atom stereocenters. The van der Waals surface area contributed by atoms with Crippen molar-refractivity contribution in [2.24, 2.45) is 5.73 Å². The van der Waals surface area contributed by atoms with Gasteiger partial charge in [-0.1, -0.05) is 18.2 Å². The van der Waals surface area contributed by atoms with Crippen LogP contribution in [0.1, 0.15) is 29.2 Å². The van der Waals surface area contributed by atoms with Gasteiger partial charge in [0.15, 0.2) is 0 Å². The molecule has 2 N–H and O–H groups in total. The maximum Gasteiger partial charge on any atom is 0.119 e. The van der Waals surface area contributed by atoms with Crippen molar-refractivity contribution >= 4 is 0 Å². The van der Waals surface area contributed by atoms with E-state index < -0.39 is 0 Å². The van der Waals surface area contributed by atoms with Gasteiger partial charge in [-0.15, -0.1) is 0 Å². The first-order chi connectivity index (χ1) is 10.1. The summed E-state index contributed by atoms with van der Waals surface area (Å²) >= 11 is 0. The summed E-state index contributed by atoms with van der Waals surface area (Å²) < 4.78 is 11.0. The molecule has 0 heterocycles. The molecule has 2 aromatic rings. The fourth-order valence-corrected chi connectivity index (χ4v) is 2.36. The fourth-order valence-electron chi connectivity index (χ4n) is 2.36. The van der Waals surface area contributed by atoms with Gasteiger partial charge in [0.1, 0.15) is 11.5 Å². The normalized spacial score (nSPS) is 12.0. The standard InChI is InChI=1S/C18H23NO2/c1-13-5-4-6-16(11-13)21-10-9-18(19)17-8-7-15(20-3)12-14(17)2/h4-8,11-12,18H,9-10,19H2,1-3H3. The van der Waals surface area contributed by atoms with Gasteiger partial charge >= 0.3 is 0 Å². The molecule has 112 valence electrons. The second-order valence-electron chi connectivity index (χ2n) is 5.28. The van der Waals surface area contributed by atoms with Crippen LogP contribution in [0.2, 0.25) is 0 Å². The zero-order valence-electron chi connectivity index (χ0n) is 12.9. The molecule has 2 aromatic carbocycles. The Hall–Kier alpha value is -2.00. The highest BCUT2D eigenvalue weighted by molar-refractivity contribution is 5.36. The zero-order valence-corrected chi connectivity index (χ0v) is 12.9. The SMILES string of the molecule is COc1ccc(C(N)CCOc2cccc(C)c2)c(C)c1. The summed E-state index contributed by atoms with van der Waals surface area (Å²) in [5.41, 5.74) is 9.75. The summed E-state index contributed by atoms with van der Waals surface area (Å²) in [5.74, 6) is 1.76. The van der Waals surface area contributed by atoms with Crippen LogP contribution < -0.4 is 15.2 Å². The lowest BCUT2D eigenvalue weighted by Crippen LogP contribution is -2.15. The minimum absolute atomic E-state index is 0.0271. The van der Waals surface area contributed by atoms with Gasteiger partial charge < -0.3 is 15.2 Å². The van der Waals surface area contributed by atoms with E-state index in [0.29, 0.717) is 6.61 Å². The van der Waals surface area contributed by atoms with E-state index in [1.54, 1.807) is 7.11 Å². The van der Waals surface area contributed by atoms with Gasteiger partial charge in [0.05, 0.1) is 13.7 Å². The highest BCUT2D eigenvalue weighted by atomic mass is 16.5. The van der Waals surface area contributed by atoms with E-state index in [1.165, 1.54) is 5.56 Å². The number of ether oxygens (including phenoxy) is 2. The first kappa shape index (κ1) is 15.4. The van der Waals surface area contributed by atoms with E-state index in [9.17, 15) is 0 Å². The average Bonchev–Trinajstić information content (AvgIpc) is 2.47. The van der Waals surface area contributed by atoms with Gasteiger partial charge in [-0.2, -0.15) is 0 Å². The van der Waals surface area contributed by atoms with Crippen LogP contribution in [0.3, 0.4) is 0 Å². The third-order valence-electron chi connectivity index (χ3n) is 3.56. The molecule has 0 spiro atoms. The van der Waals surface area contributed by atoms with Gasteiger partial charge in [0.2, 0.25) is 0 Å². The Kier molecular flexibility index (Phi) is 5.23. The summed E-state index contributed by atoms with van der Waals surface area (Å²) in [4.78, 5) is 0. The summed E-state index contributed by atoms with van der Waals surface area (Å²) in [6, 6.07) is 14.0. The highest BCUT2D eigenvalue weighted by Gasteiger charge is 2.10. The van der Waals surface area contributed by atoms with Gasteiger partial charge in [-0.3, -0.25) is 0 Å². The molecule has 0 bridgehead atoms. The number of benzene rings is 2. The molecule has 0 aromatic heterocycles. The van der Waals surface area contributed by atoms with Crippen LogP contribution in [0.4, 0.5) is 0 Å². The van der Waals surface area contributed by atoms with E-state index in [0.717, 1.165) is 29.0 Å². The van der Waals surface area contributed by atoms with Crippen LogP contribution in [0.5, 0.6) is 11.5 Å². The van der Waals surface area contributed by atoms with Crippen molar-refractivity contribution in [1.29, 1.82) is 0 Å². The molecule has 2 rings (SSSR count). The number of nitrogens with two attached hydrogens (primary N) is 1. The van der Waals surface area contributed by atoms with Crippen LogP contribution in [0.15, 0.2) is 42.5 Å². The predicted molar refractivity (Wildman–Crippen MR) is 86.0 cm³/mol. The molecule has 3 heteroatoms. The van der Waals surface area contributed by atoms with Crippen LogP contribution >= 0.6 is 0 Å². The highest BCUT2D eigenvalue weighted by Crippen LogP contribution is 2.23. The maximum atomic E-state index is 6.26. The molecule has 0 radical (unpaired) electrons. The minimum atomic E-state index is -0.0271. The second-order valence-corrected chi connectivity index (χ2v) is 5.28. The minimum Gasteiger partial charge on any atom is -0.497 e. The first-order valence-electron chi connectivity index (χ1n) is 7.19. The molecule has 21 heavy (non-hydrogen) atoms. The lowest BCUT2D eigenvalue weighted by Gasteiger charge is -2.16.